The second kappa shape index (κ2) is 3.51. The summed E-state index contributed by atoms with van der Waals surface area (Å²) in [7, 11) is 0. The van der Waals surface area contributed by atoms with Crippen LogP contribution < -0.4 is 0 Å². The van der Waals surface area contributed by atoms with Gasteiger partial charge in [0.1, 0.15) is 5.76 Å². The largest absolute Gasteiger partial charge is 0.457 e. The van der Waals surface area contributed by atoms with Crippen molar-refractivity contribution in [2.45, 2.75) is 51.4 Å². The maximum Gasteiger partial charge on any atom is 0.198 e. The number of furan rings is 1. The van der Waals surface area contributed by atoms with Gasteiger partial charge in [-0.25, -0.2) is 0 Å². The van der Waals surface area contributed by atoms with E-state index in [4.69, 9.17) is 4.42 Å². The Morgan fingerprint density at radius 2 is 1.47 bits per heavy atom. The molecule has 0 aromatic carbocycles. The maximum atomic E-state index is 11.9. The van der Waals surface area contributed by atoms with Crippen molar-refractivity contribution < 1.29 is 9.21 Å². The quantitative estimate of drug-likeness (QED) is 0.650. The average Bonchev–Trinajstić information content (AvgIpc) is 2.63. The van der Waals surface area contributed by atoms with Gasteiger partial charge < -0.3 is 4.42 Å². The minimum absolute atomic E-state index is 0.235. The van der Waals surface area contributed by atoms with E-state index < -0.39 is 0 Å². The van der Waals surface area contributed by atoms with Gasteiger partial charge in [0.2, 0.25) is 0 Å². The first-order chi connectivity index (χ1) is 7.36. The van der Waals surface area contributed by atoms with Gasteiger partial charge >= 0.3 is 0 Å². The number of fused-ring (bicyclic) bond motifs is 5. The van der Waals surface area contributed by atoms with E-state index in [2.05, 4.69) is 0 Å². The van der Waals surface area contributed by atoms with Crippen molar-refractivity contribution in [1.29, 1.82) is 0 Å². The second-order valence-corrected chi connectivity index (χ2v) is 4.65. The van der Waals surface area contributed by atoms with Gasteiger partial charge in [-0.15, -0.1) is 0 Å². The van der Waals surface area contributed by atoms with Crippen LogP contribution in [0.2, 0.25) is 0 Å². The standard InChI is InChI=1S/C13H16O2/c14-11-7-3-4-8-12-9-5-1-2-6-10(9)13(11)15-12/h1-8H2. The van der Waals surface area contributed by atoms with Crippen molar-refractivity contribution >= 4 is 5.78 Å². The molecule has 0 amide bonds. The smallest absolute Gasteiger partial charge is 0.198 e. The lowest BCUT2D eigenvalue weighted by molar-refractivity contribution is 0.0944. The molecule has 3 rings (SSSR count). The molecule has 15 heavy (non-hydrogen) atoms. The Kier molecular flexibility index (Phi) is 2.15. The monoisotopic (exact) mass is 204 g/mol. The number of carbonyl (C=O) groups excluding carboxylic acids is 1. The number of carbonyl (C=O) groups is 1. The lowest BCUT2D eigenvalue weighted by Gasteiger charge is -2.11. The molecule has 1 aromatic rings. The molecule has 2 nitrogen and oxygen atoms in total. The Balaban J connectivity index is 2.13. The van der Waals surface area contributed by atoms with Gasteiger partial charge in [-0.1, -0.05) is 0 Å². The van der Waals surface area contributed by atoms with Crippen LogP contribution in [-0.2, 0) is 19.3 Å². The third kappa shape index (κ3) is 1.43. The summed E-state index contributed by atoms with van der Waals surface area (Å²) in [6, 6.07) is 0. The lowest BCUT2D eigenvalue weighted by Crippen LogP contribution is -2.05. The zero-order chi connectivity index (χ0) is 10.3. The van der Waals surface area contributed by atoms with Crippen LogP contribution in [0.5, 0.6) is 0 Å². The van der Waals surface area contributed by atoms with Gasteiger partial charge in [0.25, 0.3) is 0 Å². The number of hydrogen-bond acceptors (Lipinski definition) is 2. The fourth-order valence-electron chi connectivity index (χ4n) is 2.82. The SMILES string of the molecule is O=C1CCCCc2oc1c1c2CCCC1. The highest BCUT2D eigenvalue weighted by atomic mass is 16.3. The zero-order valence-electron chi connectivity index (χ0n) is 8.97. The molecule has 2 heteroatoms. The molecule has 0 N–H and O–H groups in total. The van der Waals surface area contributed by atoms with Gasteiger partial charge in [-0.2, -0.15) is 0 Å². The van der Waals surface area contributed by atoms with Gasteiger partial charge in [-0.3, -0.25) is 4.79 Å². The van der Waals surface area contributed by atoms with Crippen molar-refractivity contribution in [3.05, 3.63) is 22.6 Å². The number of rotatable bonds is 0. The molecule has 1 aliphatic carbocycles. The van der Waals surface area contributed by atoms with Crippen molar-refractivity contribution in [1.82, 2.24) is 0 Å². The molecule has 1 aromatic heterocycles. The zero-order valence-corrected chi connectivity index (χ0v) is 8.97. The van der Waals surface area contributed by atoms with Crippen LogP contribution >= 0.6 is 0 Å². The van der Waals surface area contributed by atoms with Crippen molar-refractivity contribution in [3.8, 4) is 0 Å². The van der Waals surface area contributed by atoms with E-state index in [9.17, 15) is 4.79 Å². The third-order valence-electron chi connectivity index (χ3n) is 3.61. The summed E-state index contributed by atoms with van der Waals surface area (Å²) in [5.41, 5.74) is 2.63. The molecule has 2 aliphatic rings. The Bertz CT molecular complexity index is 401. The van der Waals surface area contributed by atoms with E-state index >= 15 is 0 Å². The number of aryl methyl sites for hydroxylation is 1. The van der Waals surface area contributed by atoms with Crippen LogP contribution in [0.25, 0.3) is 0 Å². The van der Waals surface area contributed by atoms with E-state index in [0.29, 0.717) is 12.2 Å². The molecule has 0 saturated heterocycles. The molecule has 2 heterocycles. The Morgan fingerprint density at radius 1 is 0.800 bits per heavy atom. The van der Waals surface area contributed by atoms with Crippen LogP contribution in [0, 0.1) is 0 Å². The van der Waals surface area contributed by atoms with E-state index in [1.165, 1.54) is 24.0 Å². The van der Waals surface area contributed by atoms with E-state index in [1.54, 1.807) is 0 Å². The fraction of sp³-hybridized carbons (Fsp3) is 0.615. The highest BCUT2D eigenvalue weighted by Gasteiger charge is 2.27. The van der Waals surface area contributed by atoms with E-state index in [1.807, 2.05) is 0 Å². The molecule has 0 radical (unpaired) electrons. The normalized spacial score (nSPS) is 20.7. The first kappa shape index (κ1) is 9.20. The van der Waals surface area contributed by atoms with Crippen molar-refractivity contribution in [2.75, 3.05) is 0 Å². The number of hydrogen-bond donors (Lipinski definition) is 0. The molecule has 0 spiro atoms. The summed E-state index contributed by atoms with van der Waals surface area (Å²) in [6.45, 7) is 0. The molecule has 0 unspecified atom stereocenters. The summed E-state index contributed by atoms with van der Waals surface area (Å²) < 4.78 is 5.77. The van der Waals surface area contributed by atoms with Gasteiger partial charge in [0, 0.05) is 18.4 Å². The minimum atomic E-state index is 0.235. The van der Waals surface area contributed by atoms with Crippen LogP contribution in [0.15, 0.2) is 4.42 Å². The molecular weight excluding hydrogens is 188 g/mol. The second-order valence-electron chi connectivity index (χ2n) is 4.65. The third-order valence-corrected chi connectivity index (χ3v) is 3.61. The summed E-state index contributed by atoms with van der Waals surface area (Å²) in [6.07, 6.45) is 8.50. The molecule has 1 aliphatic heterocycles. The van der Waals surface area contributed by atoms with Crippen molar-refractivity contribution in [2.24, 2.45) is 0 Å². The van der Waals surface area contributed by atoms with Crippen molar-refractivity contribution in [3.63, 3.8) is 0 Å². The van der Waals surface area contributed by atoms with Gasteiger partial charge in [0.05, 0.1) is 0 Å². The highest BCUT2D eigenvalue weighted by Crippen LogP contribution is 2.33. The highest BCUT2D eigenvalue weighted by molar-refractivity contribution is 5.95. The van der Waals surface area contributed by atoms with Gasteiger partial charge in [-0.05, 0) is 44.1 Å². The fourth-order valence-corrected chi connectivity index (χ4v) is 2.82. The molecule has 2 bridgehead atoms. The first-order valence-corrected chi connectivity index (χ1v) is 6.03. The molecule has 80 valence electrons. The van der Waals surface area contributed by atoms with E-state index in [0.717, 1.165) is 37.9 Å². The Hall–Kier alpha value is -1.05. The summed E-state index contributed by atoms with van der Waals surface area (Å²) in [4.78, 5) is 11.9. The summed E-state index contributed by atoms with van der Waals surface area (Å²) in [5, 5.41) is 0. The topological polar surface area (TPSA) is 30.2 Å². The molecule has 0 saturated carbocycles. The average molecular weight is 204 g/mol. The molecule has 0 atom stereocenters. The van der Waals surface area contributed by atoms with Crippen LogP contribution in [-0.4, -0.2) is 5.78 Å². The van der Waals surface area contributed by atoms with Crippen LogP contribution in [0.3, 0.4) is 0 Å². The van der Waals surface area contributed by atoms with E-state index in [-0.39, 0.29) is 5.78 Å². The Labute approximate surface area is 89.7 Å². The predicted molar refractivity (Wildman–Crippen MR) is 57.2 cm³/mol. The van der Waals surface area contributed by atoms with Gasteiger partial charge in [0.15, 0.2) is 11.5 Å². The molecule has 0 fully saturated rings. The summed E-state index contributed by atoms with van der Waals surface area (Å²) >= 11 is 0. The minimum Gasteiger partial charge on any atom is -0.457 e. The number of Topliss-reactive ketones (excluding diaryl/α,β-unsaturated/α-hetero) is 1. The molecular formula is C13H16O2. The Morgan fingerprint density at radius 3 is 2.33 bits per heavy atom. The van der Waals surface area contributed by atoms with Crippen LogP contribution in [0.1, 0.15) is 59.5 Å². The predicted octanol–water partition coefficient (Wildman–Crippen LogP) is 3.07. The summed E-state index contributed by atoms with van der Waals surface area (Å²) in [5.74, 6) is 2.06. The maximum absolute atomic E-state index is 11.9. The van der Waals surface area contributed by atoms with Crippen LogP contribution in [0.4, 0.5) is 0 Å². The lowest BCUT2D eigenvalue weighted by atomic mass is 9.91. The first-order valence-electron chi connectivity index (χ1n) is 6.03. The number of ketones is 1.